The third-order valence-corrected chi connectivity index (χ3v) is 8.11. The van der Waals surface area contributed by atoms with Crippen LogP contribution in [0.5, 0.6) is 5.75 Å². The highest BCUT2D eigenvalue weighted by Gasteiger charge is 2.22. The average Bonchev–Trinajstić information content (AvgIpc) is 3.07. The number of benzene rings is 3. The first-order valence-electron chi connectivity index (χ1n) is 13.1. The van der Waals surface area contributed by atoms with Gasteiger partial charge in [0, 0.05) is 15.6 Å². The van der Waals surface area contributed by atoms with E-state index in [1.54, 1.807) is 6.92 Å². The van der Waals surface area contributed by atoms with E-state index in [4.69, 9.17) is 27.9 Å². The lowest BCUT2D eigenvalue weighted by molar-refractivity contribution is 0.101. The van der Waals surface area contributed by atoms with Crippen molar-refractivity contribution < 1.29 is 9.53 Å². The van der Waals surface area contributed by atoms with Crippen molar-refractivity contribution in [2.45, 2.75) is 58.3 Å². The molecular weight excluding hydrogens is 487 g/mol. The fourth-order valence-corrected chi connectivity index (χ4v) is 6.15. The number of carbonyl (C=O) groups excluding carboxylic acids is 1. The molecule has 0 aromatic heterocycles. The van der Waals surface area contributed by atoms with Gasteiger partial charge in [-0.3, -0.25) is 4.79 Å². The summed E-state index contributed by atoms with van der Waals surface area (Å²) in [5, 5.41) is 1.29. The molecule has 2 aliphatic carbocycles. The Kier molecular flexibility index (Phi) is 7.84. The van der Waals surface area contributed by atoms with E-state index >= 15 is 0 Å². The second-order valence-corrected chi connectivity index (χ2v) is 10.9. The molecule has 3 aromatic rings. The molecule has 0 saturated heterocycles. The van der Waals surface area contributed by atoms with E-state index in [1.165, 1.54) is 48.8 Å². The number of Topliss-reactive ketones (excluding diaryl/α,β-unsaturated/α-hetero) is 1. The highest BCUT2D eigenvalue weighted by molar-refractivity contribution is 6.36. The van der Waals surface area contributed by atoms with Gasteiger partial charge >= 0.3 is 0 Å². The molecule has 1 fully saturated rings. The molecule has 0 radical (unpaired) electrons. The van der Waals surface area contributed by atoms with Crippen molar-refractivity contribution in [1.82, 2.24) is 0 Å². The van der Waals surface area contributed by atoms with Crippen LogP contribution < -0.4 is 4.74 Å². The number of ether oxygens (including phenoxy) is 1. The van der Waals surface area contributed by atoms with E-state index < -0.39 is 0 Å². The summed E-state index contributed by atoms with van der Waals surface area (Å²) < 4.78 is 6.18. The third kappa shape index (κ3) is 5.56. The Morgan fingerprint density at radius 2 is 1.61 bits per heavy atom. The Morgan fingerprint density at radius 3 is 2.33 bits per heavy atom. The molecule has 2 nitrogen and oxygen atoms in total. The minimum absolute atomic E-state index is 0.0908. The van der Waals surface area contributed by atoms with Gasteiger partial charge in [0.25, 0.3) is 0 Å². The molecule has 0 spiro atoms. The number of carbonyl (C=O) groups is 1. The predicted molar refractivity (Wildman–Crippen MR) is 150 cm³/mol. The molecule has 0 N–H and O–H groups in total. The zero-order valence-electron chi connectivity index (χ0n) is 20.8. The number of hydrogen-bond donors (Lipinski definition) is 0. The summed E-state index contributed by atoms with van der Waals surface area (Å²) in [6, 6.07) is 20.3. The summed E-state index contributed by atoms with van der Waals surface area (Å²) in [5.41, 5.74) is 7.64. The highest BCUT2D eigenvalue weighted by atomic mass is 35.5. The molecule has 0 aliphatic heterocycles. The van der Waals surface area contributed by atoms with Crippen molar-refractivity contribution in [1.29, 1.82) is 0 Å². The molecule has 2 aliphatic rings. The van der Waals surface area contributed by atoms with Gasteiger partial charge in [0.05, 0.1) is 6.61 Å². The molecule has 4 heteroatoms. The number of ketones is 1. The summed E-state index contributed by atoms with van der Waals surface area (Å²) in [4.78, 5) is 12.1. The van der Waals surface area contributed by atoms with Crippen LogP contribution in [0.1, 0.15) is 84.5 Å². The van der Waals surface area contributed by atoms with E-state index in [-0.39, 0.29) is 5.78 Å². The second-order valence-electron chi connectivity index (χ2n) is 10.1. The quantitative estimate of drug-likeness (QED) is 0.303. The Morgan fingerprint density at radius 1 is 0.861 bits per heavy atom. The van der Waals surface area contributed by atoms with Gasteiger partial charge in [-0.05, 0) is 109 Å². The molecule has 1 saturated carbocycles. The Balaban J connectivity index is 1.55. The molecule has 5 rings (SSSR count). The SMILES string of the molecule is CC(=O)c1ccc2c(c1)CCCC(c1ccc(Cl)cc1Cl)=C2c1ccc(OCC2CCCCC2)cc1. The number of aryl methyl sites for hydroxylation is 1. The summed E-state index contributed by atoms with van der Waals surface area (Å²) in [6.45, 7) is 2.42. The second kappa shape index (κ2) is 11.2. The molecule has 0 heterocycles. The minimum atomic E-state index is 0.0908. The molecular formula is C32H32Cl2O2. The number of fused-ring (bicyclic) bond motifs is 1. The Hall–Kier alpha value is -2.55. The van der Waals surface area contributed by atoms with Crippen molar-refractivity contribution >= 4 is 40.1 Å². The smallest absolute Gasteiger partial charge is 0.159 e. The van der Waals surface area contributed by atoms with Gasteiger partial charge in [-0.1, -0.05) is 72.8 Å². The Bertz CT molecular complexity index is 1280. The van der Waals surface area contributed by atoms with Gasteiger partial charge in [-0.25, -0.2) is 0 Å². The van der Waals surface area contributed by atoms with Crippen LogP contribution in [0.4, 0.5) is 0 Å². The van der Waals surface area contributed by atoms with Gasteiger partial charge in [-0.2, -0.15) is 0 Å². The van der Waals surface area contributed by atoms with E-state index in [1.807, 2.05) is 24.3 Å². The van der Waals surface area contributed by atoms with Crippen molar-refractivity contribution in [3.63, 3.8) is 0 Å². The van der Waals surface area contributed by atoms with E-state index in [0.717, 1.165) is 53.9 Å². The largest absolute Gasteiger partial charge is 0.493 e. The molecule has 36 heavy (non-hydrogen) atoms. The number of rotatable bonds is 6. The lowest BCUT2D eigenvalue weighted by atomic mass is 9.87. The lowest BCUT2D eigenvalue weighted by Gasteiger charge is -2.22. The number of allylic oxidation sites excluding steroid dienone is 1. The maximum Gasteiger partial charge on any atom is 0.159 e. The normalized spacial score (nSPS) is 16.4. The fraction of sp³-hybridized carbons (Fsp3) is 0.344. The van der Waals surface area contributed by atoms with Crippen molar-refractivity contribution in [3.8, 4) is 5.75 Å². The first-order chi connectivity index (χ1) is 17.5. The van der Waals surface area contributed by atoms with Gasteiger partial charge in [0.2, 0.25) is 0 Å². The highest BCUT2D eigenvalue weighted by Crippen LogP contribution is 2.42. The van der Waals surface area contributed by atoms with Gasteiger partial charge in [0.15, 0.2) is 5.78 Å². The van der Waals surface area contributed by atoms with Crippen LogP contribution in [-0.4, -0.2) is 12.4 Å². The maximum atomic E-state index is 12.1. The first-order valence-corrected chi connectivity index (χ1v) is 13.8. The van der Waals surface area contributed by atoms with Crippen LogP contribution in [-0.2, 0) is 6.42 Å². The number of halogens is 2. The predicted octanol–water partition coefficient (Wildman–Crippen LogP) is 9.45. The average molecular weight is 520 g/mol. The molecule has 0 bridgehead atoms. The van der Waals surface area contributed by atoms with Crippen LogP contribution in [0.15, 0.2) is 60.7 Å². The minimum Gasteiger partial charge on any atom is -0.493 e. The first kappa shape index (κ1) is 25.1. The van der Waals surface area contributed by atoms with E-state index in [9.17, 15) is 4.79 Å². The van der Waals surface area contributed by atoms with Gasteiger partial charge < -0.3 is 4.74 Å². The summed E-state index contributed by atoms with van der Waals surface area (Å²) >= 11 is 12.9. The van der Waals surface area contributed by atoms with Crippen molar-refractivity contribution in [2.75, 3.05) is 6.61 Å². The summed E-state index contributed by atoms with van der Waals surface area (Å²) in [6.07, 6.45) is 9.33. The molecule has 0 amide bonds. The lowest BCUT2D eigenvalue weighted by Crippen LogP contribution is -2.15. The topological polar surface area (TPSA) is 26.3 Å². The number of hydrogen-bond acceptors (Lipinski definition) is 2. The summed E-state index contributed by atoms with van der Waals surface area (Å²) in [7, 11) is 0. The van der Waals surface area contributed by atoms with Crippen LogP contribution >= 0.6 is 23.2 Å². The van der Waals surface area contributed by atoms with Crippen molar-refractivity contribution in [3.05, 3.63) is 98.5 Å². The standard InChI is InChI=1S/C32H32Cl2O2/c1-21(35)24-12-16-28-25(18-24)8-5-9-30(29-17-13-26(33)19-31(29)34)32(28)23-10-14-27(15-11-23)36-20-22-6-3-2-4-7-22/h10-19,22H,2-9,20H2,1H3. The molecule has 0 atom stereocenters. The van der Waals surface area contributed by atoms with Crippen LogP contribution in [0, 0.1) is 5.92 Å². The Labute approximate surface area is 224 Å². The summed E-state index contributed by atoms with van der Waals surface area (Å²) in [5.74, 6) is 1.67. The zero-order valence-corrected chi connectivity index (χ0v) is 22.3. The maximum absolute atomic E-state index is 12.1. The van der Waals surface area contributed by atoms with E-state index in [0.29, 0.717) is 16.0 Å². The van der Waals surface area contributed by atoms with Crippen molar-refractivity contribution in [2.24, 2.45) is 5.92 Å². The van der Waals surface area contributed by atoms with E-state index in [2.05, 4.69) is 36.4 Å². The third-order valence-electron chi connectivity index (χ3n) is 7.57. The van der Waals surface area contributed by atoms with Crippen LogP contribution in [0.3, 0.4) is 0 Å². The monoisotopic (exact) mass is 518 g/mol. The van der Waals surface area contributed by atoms with Gasteiger partial charge in [0.1, 0.15) is 5.75 Å². The van der Waals surface area contributed by atoms with Crippen LogP contribution in [0.2, 0.25) is 10.0 Å². The molecule has 0 unspecified atom stereocenters. The molecule has 186 valence electrons. The zero-order chi connectivity index (χ0) is 25.1. The molecule has 3 aromatic carbocycles. The van der Waals surface area contributed by atoms with Crippen LogP contribution in [0.25, 0.3) is 11.1 Å². The van der Waals surface area contributed by atoms with Gasteiger partial charge in [-0.15, -0.1) is 0 Å². The fourth-order valence-electron chi connectivity index (χ4n) is 5.63.